The molecule has 2 heterocycles. The Kier molecular flexibility index (Phi) is 9.78. The lowest BCUT2D eigenvalue weighted by Crippen LogP contribution is -2.58. The highest BCUT2D eigenvalue weighted by Crippen LogP contribution is 2.33. The standard InChI is InChI=1S/C26H36ClN5O4/c1-5-11-28-25(34)31-14-13-30(16-18(31)4)17-21-22(24(33)36-7-3)23(19-9-8-10-20(27)15-19)29-26(35)32(21)12-6-2/h6,8-10,15,18,23H,2,5,7,11-14,16-17H2,1,3-4H3,(H,28,34)(H,29,35)/t18-,23-/m1/s1. The van der Waals surface area contributed by atoms with Gasteiger partial charge in [0.15, 0.2) is 0 Å². The number of hydrogen-bond donors (Lipinski definition) is 2. The molecule has 0 saturated carbocycles. The van der Waals surface area contributed by atoms with Crippen LogP contribution < -0.4 is 10.6 Å². The number of carbonyl (C=O) groups is 3. The summed E-state index contributed by atoms with van der Waals surface area (Å²) in [5.41, 5.74) is 1.63. The van der Waals surface area contributed by atoms with Gasteiger partial charge in [-0.15, -0.1) is 6.58 Å². The van der Waals surface area contributed by atoms with E-state index in [0.29, 0.717) is 54.6 Å². The van der Waals surface area contributed by atoms with Gasteiger partial charge < -0.3 is 20.3 Å². The molecule has 2 aliphatic heterocycles. The van der Waals surface area contributed by atoms with Gasteiger partial charge in [-0.3, -0.25) is 9.80 Å². The Bertz CT molecular complexity index is 1010. The van der Waals surface area contributed by atoms with E-state index in [0.717, 1.165) is 6.42 Å². The van der Waals surface area contributed by atoms with Crippen LogP contribution in [0.4, 0.5) is 9.59 Å². The number of nitrogens with one attached hydrogen (secondary N) is 2. The normalized spacial score (nSPS) is 20.7. The van der Waals surface area contributed by atoms with Crippen molar-refractivity contribution in [3.05, 3.63) is 58.8 Å². The smallest absolute Gasteiger partial charge is 0.338 e. The summed E-state index contributed by atoms with van der Waals surface area (Å²) in [5.74, 6) is -0.489. The molecule has 0 aromatic heterocycles. The molecule has 9 nitrogen and oxygen atoms in total. The highest BCUT2D eigenvalue weighted by Gasteiger charge is 2.39. The van der Waals surface area contributed by atoms with Crippen LogP contribution in [-0.4, -0.2) is 84.6 Å². The molecule has 0 bridgehead atoms. The maximum atomic E-state index is 13.3. The molecule has 10 heteroatoms. The van der Waals surface area contributed by atoms with E-state index in [1.807, 2.05) is 24.8 Å². The van der Waals surface area contributed by atoms with E-state index < -0.39 is 12.0 Å². The predicted octanol–water partition coefficient (Wildman–Crippen LogP) is 3.54. The Morgan fingerprint density at radius 2 is 2.08 bits per heavy atom. The number of esters is 1. The largest absolute Gasteiger partial charge is 0.463 e. The number of hydrogen-bond acceptors (Lipinski definition) is 5. The van der Waals surface area contributed by atoms with Crippen LogP contribution in [0.3, 0.4) is 0 Å². The van der Waals surface area contributed by atoms with Gasteiger partial charge in [0.1, 0.15) is 0 Å². The number of halogens is 1. The van der Waals surface area contributed by atoms with Crippen molar-refractivity contribution >= 4 is 29.6 Å². The topological polar surface area (TPSA) is 94.2 Å². The Labute approximate surface area is 218 Å². The molecule has 4 amide bonds. The first-order valence-electron chi connectivity index (χ1n) is 12.4. The van der Waals surface area contributed by atoms with Crippen molar-refractivity contribution < 1.29 is 19.1 Å². The van der Waals surface area contributed by atoms with Crippen molar-refractivity contribution in [1.82, 2.24) is 25.3 Å². The monoisotopic (exact) mass is 517 g/mol. The maximum absolute atomic E-state index is 13.3. The first kappa shape index (κ1) is 27.5. The van der Waals surface area contributed by atoms with E-state index in [1.54, 1.807) is 31.2 Å². The van der Waals surface area contributed by atoms with Gasteiger partial charge in [-0.2, -0.15) is 0 Å². The number of amides is 4. The SMILES string of the molecule is C=CCN1C(=O)N[C@H](c2cccc(Cl)c2)C(C(=O)OCC)=C1CN1CCN(C(=O)NCCC)[C@H](C)C1. The highest BCUT2D eigenvalue weighted by molar-refractivity contribution is 6.30. The second-order valence-electron chi connectivity index (χ2n) is 8.93. The molecule has 0 spiro atoms. The molecule has 1 fully saturated rings. The zero-order chi connectivity index (χ0) is 26.2. The van der Waals surface area contributed by atoms with Crippen LogP contribution in [0.25, 0.3) is 0 Å². The molecular weight excluding hydrogens is 482 g/mol. The summed E-state index contributed by atoms with van der Waals surface area (Å²) in [6.07, 6.45) is 2.50. The fraction of sp³-hybridized carbons (Fsp3) is 0.500. The fourth-order valence-corrected chi connectivity index (χ4v) is 4.80. The summed E-state index contributed by atoms with van der Waals surface area (Å²) in [5, 5.41) is 6.39. The Hall–Kier alpha value is -3.04. The Morgan fingerprint density at radius 1 is 1.31 bits per heavy atom. The number of ether oxygens (including phenoxy) is 1. The molecule has 2 N–H and O–H groups in total. The quantitative estimate of drug-likeness (QED) is 0.386. The molecule has 0 radical (unpaired) electrons. The molecule has 3 rings (SSSR count). The third kappa shape index (κ3) is 6.39. The van der Waals surface area contributed by atoms with Crippen LogP contribution in [-0.2, 0) is 9.53 Å². The summed E-state index contributed by atoms with van der Waals surface area (Å²) in [7, 11) is 0. The molecule has 1 aromatic carbocycles. The number of piperazine rings is 1. The predicted molar refractivity (Wildman–Crippen MR) is 140 cm³/mol. The zero-order valence-corrected chi connectivity index (χ0v) is 22.0. The summed E-state index contributed by atoms with van der Waals surface area (Å²) < 4.78 is 5.44. The second kappa shape index (κ2) is 12.8. The average Bonchev–Trinajstić information content (AvgIpc) is 2.84. The number of rotatable bonds is 9. The molecule has 36 heavy (non-hydrogen) atoms. The number of carbonyl (C=O) groups excluding carboxylic acids is 3. The minimum atomic E-state index is -0.704. The van der Waals surface area contributed by atoms with Crippen molar-refractivity contribution in [2.24, 2.45) is 0 Å². The van der Waals surface area contributed by atoms with Gasteiger partial charge in [0.05, 0.1) is 18.2 Å². The van der Waals surface area contributed by atoms with Gasteiger partial charge in [-0.25, -0.2) is 14.4 Å². The second-order valence-corrected chi connectivity index (χ2v) is 9.36. The number of benzene rings is 1. The minimum Gasteiger partial charge on any atom is -0.463 e. The van der Waals surface area contributed by atoms with Gasteiger partial charge >= 0.3 is 18.0 Å². The van der Waals surface area contributed by atoms with Crippen LogP contribution in [0, 0.1) is 0 Å². The Balaban J connectivity index is 1.96. The van der Waals surface area contributed by atoms with E-state index in [2.05, 4.69) is 22.1 Å². The summed E-state index contributed by atoms with van der Waals surface area (Å²) >= 11 is 6.23. The van der Waals surface area contributed by atoms with E-state index in [4.69, 9.17) is 16.3 Å². The van der Waals surface area contributed by atoms with Gasteiger partial charge in [0.2, 0.25) is 0 Å². The van der Waals surface area contributed by atoms with Crippen LogP contribution >= 0.6 is 11.6 Å². The van der Waals surface area contributed by atoms with Crippen LogP contribution in [0.15, 0.2) is 48.2 Å². The summed E-state index contributed by atoms with van der Waals surface area (Å²) in [6.45, 7) is 12.7. The number of nitrogens with zero attached hydrogens (tertiary/aromatic N) is 3. The molecule has 1 aromatic rings. The van der Waals surface area contributed by atoms with Crippen molar-refractivity contribution in [2.45, 2.75) is 39.3 Å². The third-order valence-electron chi connectivity index (χ3n) is 6.30. The Morgan fingerprint density at radius 3 is 2.72 bits per heavy atom. The lowest BCUT2D eigenvalue weighted by Gasteiger charge is -2.42. The summed E-state index contributed by atoms with van der Waals surface area (Å²) in [4.78, 5) is 44.5. The lowest BCUT2D eigenvalue weighted by molar-refractivity contribution is -0.139. The van der Waals surface area contributed by atoms with Crippen molar-refractivity contribution in [2.75, 3.05) is 45.9 Å². The molecule has 0 aliphatic carbocycles. The van der Waals surface area contributed by atoms with Crippen molar-refractivity contribution in [3.8, 4) is 0 Å². The van der Waals surface area contributed by atoms with Crippen LogP contribution in [0.2, 0.25) is 5.02 Å². The molecule has 2 atom stereocenters. The fourth-order valence-electron chi connectivity index (χ4n) is 4.61. The van der Waals surface area contributed by atoms with Gasteiger partial charge in [-0.05, 0) is 38.0 Å². The highest BCUT2D eigenvalue weighted by atomic mass is 35.5. The third-order valence-corrected chi connectivity index (χ3v) is 6.53. The molecule has 1 saturated heterocycles. The van der Waals surface area contributed by atoms with E-state index in [-0.39, 0.29) is 31.3 Å². The van der Waals surface area contributed by atoms with E-state index in [9.17, 15) is 14.4 Å². The van der Waals surface area contributed by atoms with E-state index in [1.165, 1.54) is 4.90 Å². The minimum absolute atomic E-state index is 0.0313. The summed E-state index contributed by atoms with van der Waals surface area (Å²) in [6, 6.07) is 5.96. The molecule has 196 valence electrons. The lowest BCUT2D eigenvalue weighted by atomic mass is 9.94. The number of urea groups is 2. The van der Waals surface area contributed by atoms with Crippen molar-refractivity contribution in [3.63, 3.8) is 0 Å². The zero-order valence-electron chi connectivity index (χ0n) is 21.3. The van der Waals surface area contributed by atoms with Crippen LogP contribution in [0.5, 0.6) is 0 Å². The molecule has 2 aliphatic rings. The van der Waals surface area contributed by atoms with Gasteiger partial charge in [0, 0.05) is 56.0 Å². The molecule has 0 unspecified atom stereocenters. The van der Waals surface area contributed by atoms with Gasteiger partial charge in [0.25, 0.3) is 0 Å². The van der Waals surface area contributed by atoms with Gasteiger partial charge in [-0.1, -0.05) is 36.7 Å². The first-order valence-corrected chi connectivity index (χ1v) is 12.8. The maximum Gasteiger partial charge on any atom is 0.338 e. The average molecular weight is 518 g/mol. The molecular formula is C26H36ClN5O4. The van der Waals surface area contributed by atoms with E-state index >= 15 is 0 Å². The van der Waals surface area contributed by atoms with Crippen LogP contribution in [0.1, 0.15) is 38.8 Å². The first-order chi connectivity index (χ1) is 17.3. The van der Waals surface area contributed by atoms with Crippen molar-refractivity contribution in [1.29, 1.82) is 0 Å².